The highest BCUT2D eigenvalue weighted by atomic mass is 32.3. The Morgan fingerprint density at radius 1 is 0.515 bits per heavy atom. The summed E-state index contributed by atoms with van der Waals surface area (Å²) in [5.41, 5.74) is 4.15. The highest BCUT2D eigenvalue weighted by molar-refractivity contribution is 8.45. The van der Waals surface area contributed by atoms with E-state index in [2.05, 4.69) is 5.73 Å². The second-order valence-electron chi connectivity index (χ2n) is 8.45. The van der Waals surface area contributed by atoms with Crippen molar-refractivity contribution < 1.29 is 0 Å². The Hall–Kier alpha value is 1.31. The van der Waals surface area contributed by atoms with Crippen LogP contribution in [0.4, 0.5) is 0 Å². The van der Waals surface area contributed by atoms with Crippen molar-refractivity contribution >= 4 is 94.1 Å². The third-order valence-corrected chi connectivity index (χ3v) is 18.4. The fourth-order valence-corrected chi connectivity index (χ4v) is 17.0. The van der Waals surface area contributed by atoms with Gasteiger partial charge in [-0.25, -0.2) is 0 Å². The standard InChI is InChI=1S/C12H22.C10H8S8.CH2N2/c1-3-7-11(8-4-1)12-9-5-2-6-10-12;1-2-12-6-5(11-1)15-9(16-6)10-17-7-8(18-10)14-4-3-13-7;2-1-3/h11-12H,1-10H2;1-4H2;2H2. The molecule has 2 aliphatic carbocycles. The molecule has 4 heterocycles. The van der Waals surface area contributed by atoms with Crippen molar-refractivity contribution in [2.45, 2.75) is 64.2 Å². The van der Waals surface area contributed by atoms with Crippen molar-refractivity contribution in [1.82, 2.24) is 0 Å². The molecule has 2 N–H and O–H groups in total. The van der Waals surface area contributed by atoms with Gasteiger partial charge < -0.3 is 5.73 Å². The van der Waals surface area contributed by atoms with Gasteiger partial charge in [-0.2, -0.15) is 5.26 Å². The summed E-state index contributed by atoms with van der Waals surface area (Å²) < 4.78 is 9.31. The lowest BCUT2D eigenvalue weighted by Crippen LogP contribution is -2.20. The lowest BCUT2D eigenvalue weighted by Gasteiger charge is -2.32. The summed E-state index contributed by atoms with van der Waals surface area (Å²) in [4.78, 5) is 0. The predicted octanol–water partition coefficient (Wildman–Crippen LogP) is 9.86. The molecule has 0 aromatic rings. The van der Waals surface area contributed by atoms with Crippen LogP contribution in [0.3, 0.4) is 0 Å². The smallest absolute Gasteiger partial charge is 0.173 e. The van der Waals surface area contributed by atoms with Gasteiger partial charge in [-0.15, -0.1) is 47.0 Å². The second-order valence-corrected chi connectivity index (χ2v) is 18.5. The van der Waals surface area contributed by atoms with E-state index in [0.717, 1.165) is 11.8 Å². The molecule has 0 aromatic carbocycles. The van der Waals surface area contributed by atoms with Crippen LogP contribution in [0.2, 0.25) is 0 Å². The minimum atomic E-state index is 1.14. The normalized spacial score (nSPS) is 26.0. The minimum absolute atomic E-state index is 1.14. The monoisotopic (exact) mass is 592 g/mol. The maximum atomic E-state index is 7.10. The number of nitrogens with zero attached hydrogens (tertiary/aromatic N) is 1. The molecule has 6 rings (SSSR count). The lowest BCUT2D eigenvalue weighted by molar-refractivity contribution is 0.196. The molecule has 2 nitrogen and oxygen atoms in total. The first-order valence-corrected chi connectivity index (χ1v) is 19.0. The third kappa shape index (κ3) is 8.15. The number of hydrogen-bond acceptors (Lipinski definition) is 10. The maximum absolute atomic E-state index is 7.10. The van der Waals surface area contributed by atoms with Crippen LogP contribution in [-0.2, 0) is 0 Å². The predicted molar refractivity (Wildman–Crippen MR) is 164 cm³/mol. The first-order chi connectivity index (χ1) is 16.3. The van der Waals surface area contributed by atoms with Crippen molar-refractivity contribution in [2.24, 2.45) is 17.6 Å². The fraction of sp³-hybridized carbons (Fsp3) is 0.696. The van der Waals surface area contributed by atoms with Crippen LogP contribution in [-0.4, -0.2) is 23.0 Å². The van der Waals surface area contributed by atoms with Crippen LogP contribution in [0.5, 0.6) is 0 Å². The van der Waals surface area contributed by atoms with Gasteiger partial charge in [-0.1, -0.05) is 111 Å². The van der Waals surface area contributed by atoms with E-state index in [1.165, 1.54) is 76.2 Å². The zero-order valence-electron chi connectivity index (χ0n) is 18.8. The Morgan fingerprint density at radius 2 is 0.788 bits per heavy atom. The highest BCUT2D eigenvalue weighted by Gasteiger charge is 2.32. The van der Waals surface area contributed by atoms with Crippen LogP contribution in [0, 0.1) is 23.3 Å². The number of nitrogens with two attached hydrogens (primary N) is 1. The van der Waals surface area contributed by atoms with Crippen molar-refractivity contribution in [3.05, 3.63) is 25.4 Å². The van der Waals surface area contributed by atoms with E-state index in [4.69, 9.17) is 5.26 Å². The molecule has 182 valence electrons. The van der Waals surface area contributed by atoms with E-state index < -0.39 is 0 Å². The molecule has 0 radical (unpaired) electrons. The highest BCUT2D eigenvalue weighted by Crippen LogP contribution is 2.67. The van der Waals surface area contributed by atoms with E-state index in [-0.39, 0.29) is 0 Å². The lowest BCUT2D eigenvalue weighted by atomic mass is 9.73. The molecule has 0 aromatic heterocycles. The van der Waals surface area contributed by atoms with Gasteiger partial charge in [0.1, 0.15) is 0 Å². The Balaban J connectivity index is 0.000000150. The van der Waals surface area contributed by atoms with Crippen molar-refractivity contribution in [2.75, 3.05) is 23.0 Å². The second kappa shape index (κ2) is 14.9. The molecule has 0 bridgehead atoms. The van der Waals surface area contributed by atoms with E-state index in [9.17, 15) is 0 Å². The summed E-state index contributed by atoms with van der Waals surface area (Å²) in [5.74, 6) is 7.39. The van der Waals surface area contributed by atoms with Gasteiger partial charge in [0.15, 0.2) is 6.19 Å². The summed E-state index contributed by atoms with van der Waals surface area (Å²) in [7, 11) is 0. The summed E-state index contributed by atoms with van der Waals surface area (Å²) in [6, 6.07) is 0. The average Bonchev–Trinajstić information content (AvgIpc) is 3.50. The third-order valence-electron chi connectivity index (χ3n) is 6.31. The first kappa shape index (κ1) is 27.3. The average molecular weight is 593 g/mol. The summed E-state index contributed by atoms with van der Waals surface area (Å²) in [6.07, 6.45) is 16.6. The van der Waals surface area contributed by atoms with E-state index in [1.807, 2.05) is 94.1 Å². The zero-order valence-corrected chi connectivity index (χ0v) is 25.4. The van der Waals surface area contributed by atoms with Crippen molar-refractivity contribution in [3.63, 3.8) is 0 Å². The van der Waals surface area contributed by atoms with Crippen LogP contribution in [0.15, 0.2) is 25.4 Å². The van der Waals surface area contributed by atoms with Gasteiger partial charge in [0.2, 0.25) is 0 Å². The molecule has 10 heteroatoms. The Bertz CT molecular complexity index is 704. The summed E-state index contributed by atoms with van der Waals surface area (Å²) >= 11 is 16.2. The van der Waals surface area contributed by atoms with Gasteiger partial charge in [-0.05, 0) is 11.8 Å². The number of hydrogen-bond donors (Lipinski definition) is 1. The van der Waals surface area contributed by atoms with Crippen LogP contribution in [0.1, 0.15) is 64.2 Å². The maximum Gasteiger partial charge on any atom is 0.173 e. The van der Waals surface area contributed by atoms with Gasteiger partial charge in [0, 0.05) is 23.0 Å². The SMILES string of the molecule is C1CCC(C2CCCCC2)CC1.C1CSC2=C(S1)SC(=C1SC3=C(SCCS3)S1)S2.N#CN. The van der Waals surface area contributed by atoms with E-state index in [0.29, 0.717) is 0 Å². The molecule has 4 aliphatic heterocycles. The van der Waals surface area contributed by atoms with E-state index in [1.54, 1.807) is 42.6 Å². The molecular formula is C23H32N2S8. The molecule has 0 unspecified atom stereocenters. The molecule has 6 aliphatic rings. The first-order valence-electron chi connectivity index (χ1n) is 11.8. The van der Waals surface area contributed by atoms with Gasteiger partial charge in [-0.3, -0.25) is 0 Å². The van der Waals surface area contributed by atoms with Crippen molar-refractivity contribution in [3.8, 4) is 6.19 Å². The number of nitriles is 1. The molecule has 0 atom stereocenters. The molecule has 33 heavy (non-hydrogen) atoms. The minimum Gasteiger partial charge on any atom is -0.337 e. The van der Waals surface area contributed by atoms with Crippen molar-refractivity contribution in [1.29, 1.82) is 5.26 Å². The molecular weight excluding hydrogens is 561 g/mol. The largest absolute Gasteiger partial charge is 0.337 e. The number of thioether (sulfide) groups is 8. The van der Waals surface area contributed by atoms with Crippen LogP contribution in [0.25, 0.3) is 0 Å². The topological polar surface area (TPSA) is 49.8 Å². The molecule has 2 saturated carbocycles. The summed E-state index contributed by atoms with van der Waals surface area (Å²) in [5, 5.41) is 7.10. The zero-order chi connectivity index (χ0) is 22.9. The summed E-state index contributed by atoms with van der Waals surface area (Å²) in [6.45, 7) is 0. The molecule has 2 fully saturated rings. The Morgan fingerprint density at radius 3 is 1.06 bits per heavy atom. The molecule has 0 saturated heterocycles. The molecule has 0 spiro atoms. The Labute approximate surface area is 233 Å². The van der Waals surface area contributed by atoms with Gasteiger partial charge in [0.25, 0.3) is 0 Å². The number of rotatable bonds is 1. The quantitative estimate of drug-likeness (QED) is 0.235. The van der Waals surface area contributed by atoms with Crippen LogP contribution < -0.4 is 5.73 Å². The van der Waals surface area contributed by atoms with E-state index >= 15 is 0 Å². The van der Waals surface area contributed by atoms with Crippen LogP contribution >= 0.6 is 94.1 Å². The fourth-order valence-electron chi connectivity index (χ4n) is 4.81. The Kier molecular flexibility index (Phi) is 12.3. The van der Waals surface area contributed by atoms with Gasteiger partial charge in [0.05, 0.1) is 25.4 Å². The van der Waals surface area contributed by atoms with Gasteiger partial charge >= 0.3 is 0 Å². The molecule has 0 amide bonds.